The van der Waals surface area contributed by atoms with E-state index in [2.05, 4.69) is 13.2 Å². The van der Waals surface area contributed by atoms with Gasteiger partial charge in [0.2, 0.25) is 0 Å². The van der Waals surface area contributed by atoms with E-state index in [1.165, 1.54) is 22.0 Å². The van der Waals surface area contributed by atoms with Crippen LogP contribution in [0.25, 0.3) is 0 Å². The molecule has 0 fully saturated rings. The third-order valence-electron chi connectivity index (χ3n) is 4.05. The van der Waals surface area contributed by atoms with Gasteiger partial charge in [-0.2, -0.15) is 0 Å². The molecule has 0 bridgehead atoms. The average Bonchev–Trinajstić information content (AvgIpc) is 2.80. The first-order valence-corrected chi connectivity index (χ1v) is 12.1. The van der Waals surface area contributed by atoms with Crippen LogP contribution in [-0.4, -0.2) is 38.2 Å². The van der Waals surface area contributed by atoms with E-state index in [1.54, 1.807) is 13.8 Å². The zero-order valence-corrected chi connectivity index (χ0v) is 20.0. The van der Waals surface area contributed by atoms with Gasteiger partial charge in [-0.05, 0) is 38.1 Å². The Morgan fingerprint density at radius 1 is 0.719 bits per heavy atom. The van der Waals surface area contributed by atoms with Gasteiger partial charge in [-0.3, -0.25) is 0 Å². The fraction of sp³-hybridized carbons (Fsp3) is 0.250. The molecule has 0 amide bonds. The van der Waals surface area contributed by atoms with Crippen LogP contribution in [0.5, 0.6) is 0 Å². The number of rotatable bonds is 13. The summed E-state index contributed by atoms with van der Waals surface area (Å²) in [6.45, 7) is 11.9. The molecule has 0 aliphatic carbocycles. The molecule has 0 aliphatic heterocycles. The third kappa shape index (κ3) is 8.72. The van der Waals surface area contributed by atoms with Crippen molar-refractivity contribution >= 4 is 45.3 Å². The van der Waals surface area contributed by atoms with Gasteiger partial charge in [-0.25, -0.2) is 9.59 Å². The van der Waals surface area contributed by atoms with E-state index in [4.69, 9.17) is 9.47 Å². The summed E-state index contributed by atoms with van der Waals surface area (Å²) in [6, 6.07) is 19.7. The molecule has 0 saturated heterocycles. The minimum Gasteiger partial charge on any atom is -0.460 e. The Balaban J connectivity index is 2.05. The maximum absolute atomic E-state index is 11.7. The largest absolute Gasteiger partial charge is 0.460 e. The standard InChI is InChI=1S/C24H28N2O4S2/c1-19(2)23(27)29-17-15-25(21-11-7-5-8-12-21)31-32-26(22-13-9-6-10-14-22)16-18-30-24(28)20(3)4/h5-14H,1,3,15-18H2,2,4H3. The molecule has 2 aromatic rings. The SMILES string of the molecule is C=C(C)C(=O)OCCN(SSN(CCOC(=O)C(=C)C)c1ccccc1)c1ccccc1. The molecule has 0 spiro atoms. The van der Waals surface area contributed by atoms with Crippen LogP contribution < -0.4 is 8.61 Å². The van der Waals surface area contributed by atoms with Crippen molar-refractivity contribution < 1.29 is 19.1 Å². The van der Waals surface area contributed by atoms with Crippen LogP contribution in [0.3, 0.4) is 0 Å². The zero-order valence-electron chi connectivity index (χ0n) is 18.4. The maximum Gasteiger partial charge on any atom is 0.333 e. The molecule has 6 nitrogen and oxygen atoms in total. The summed E-state index contributed by atoms with van der Waals surface area (Å²) < 4.78 is 14.7. The smallest absolute Gasteiger partial charge is 0.333 e. The summed E-state index contributed by atoms with van der Waals surface area (Å²) in [6.07, 6.45) is 0. The number of carbonyl (C=O) groups excluding carboxylic acids is 2. The number of para-hydroxylation sites is 2. The van der Waals surface area contributed by atoms with E-state index in [0.29, 0.717) is 24.2 Å². The van der Waals surface area contributed by atoms with E-state index < -0.39 is 11.9 Å². The summed E-state index contributed by atoms with van der Waals surface area (Å²) >= 11 is 0. The molecule has 170 valence electrons. The summed E-state index contributed by atoms with van der Waals surface area (Å²) in [5.41, 5.74) is 2.71. The molecule has 32 heavy (non-hydrogen) atoms. The summed E-state index contributed by atoms with van der Waals surface area (Å²) in [7, 11) is 3.01. The number of ether oxygens (including phenoxy) is 2. The average molecular weight is 473 g/mol. The molecule has 0 aliphatic rings. The Kier molecular flexibility index (Phi) is 10.8. The summed E-state index contributed by atoms with van der Waals surface area (Å²) in [4.78, 5) is 23.4. The van der Waals surface area contributed by atoms with Crippen molar-refractivity contribution in [3.8, 4) is 0 Å². The van der Waals surface area contributed by atoms with Crippen molar-refractivity contribution in [2.45, 2.75) is 13.8 Å². The second-order valence-corrected chi connectivity index (χ2v) is 8.93. The van der Waals surface area contributed by atoms with Gasteiger partial charge in [-0.1, -0.05) is 49.6 Å². The molecule has 8 heteroatoms. The molecule has 0 unspecified atom stereocenters. The maximum atomic E-state index is 11.7. The van der Waals surface area contributed by atoms with Crippen molar-refractivity contribution in [2.24, 2.45) is 0 Å². The van der Waals surface area contributed by atoms with Gasteiger partial charge in [0.15, 0.2) is 0 Å². The van der Waals surface area contributed by atoms with Gasteiger partial charge in [0.1, 0.15) is 13.2 Å². The molecule has 0 saturated carbocycles. The lowest BCUT2D eigenvalue weighted by Crippen LogP contribution is -2.25. The Bertz CT molecular complexity index is 831. The highest BCUT2D eigenvalue weighted by Gasteiger charge is 2.15. The Morgan fingerprint density at radius 2 is 1.06 bits per heavy atom. The number of nitrogens with zero attached hydrogens (tertiary/aromatic N) is 2. The van der Waals surface area contributed by atoms with E-state index in [1.807, 2.05) is 69.3 Å². The molecule has 2 aromatic carbocycles. The fourth-order valence-electron chi connectivity index (χ4n) is 2.38. The van der Waals surface area contributed by atoms with Crippen molar-refractivity contribution in [3.05, 3.63) is 85.0 Å². The highest BCUT2D eigenvalue weighted by molar-refractivity contribution is 8.77. The highest BCUT2D eigenvalue weighted by Crippen LogP contribution is 2.36. The number of esters is 2. The first-order valence-electron chi connectivity index (χ1n) is 10.0. The van der Waals surface area contributed by atoms with Crippen molar-refractivity contribution in [1.29, 1.82) is 0 Å². The normalized spacial score (nSPS) is 10.2. The predicted octanol–water partition coefficient (Wildman–Crippen LogP) is 5.45. The number of hydrogen-bond acceptors (Lipinski definition) is 8. The van der Waals surface area contributed by atoms with Crippen LogP contribution in [0, 0.1) is 0 Å². The molecular formula is C24H28N2O4S2. The lowest BCUT2D eigenvalue weighted by molar-refractivity contribution is -0.139. The van der Waals surface area contributed by atoms with Gasteiger partial charge >= 0.3 is 11.9 Å². The summed E-state index contributed by atoms with van der Waals surface area (Å²) in [5, 5.41) is 0. The molecule has 0 N–H and O–H groups in total. The number of anilines is 2. The Hall–Kier alpha value is -2.84. The molecule has 0 radical (unpaired) electrons. The predicted molar refractivity (Wildman–Crippen MR) is 134 cm³/mol. The van der Waals surface area contributed by atoms with Crippen LogP contribution in [0.2, 0.25) is 0 Å². The van der Waals surface area contributed by atoms with Gasteiger partial charge in [0.25, 0.3) is 0 Å². The van der Waals surface area contributed by atoms with E-state index in [0.717, 1.165) is 11.4 Å². The van der Waals surface area contributed by atoms with Crippen LogP contribution in [0.15, 0.2) is 85.0 Å². The van der Waals surface area contributed by atoms with Gasteiger partial charge < -0.3 is 18.1 Å². The van der Waals surface area contributed by atoms with Crippen molar-refractivity contribution in [2.75, 3.05) is 34.9 Å². The minimum absolute atomic E-state index is 0.232. The first-order chi connectivity index (χ1) is 15.4. The number of carbonyl (C=O) groups is 2. The van der Waals surface area contributed by atoms with Crippen molar-refractivity contribution in [1.82, 2.24) is 0 Å². The molecule has 0 aromatic heterocycles. The highest BCUT2D eigenvalue weighted by atomic mass is 33.1. The third-order valence-corrected chi connectivity index (χ3v) is 6.55. The first kappa shape index (κ1) is 25.4. The Labute approximate surface area is 197 Å². The number of benzene rings is 2. The van der Waals surface area contributed by atoms with Crippen LogP contribution in [-0.2, 0) is 19.1 Å². The molecular weight excluding hydrogens is 444 g/mol. The van der Waals surface area contributed by atoms with Gasteiger partial charge in [0, 0.05) is 44.5 Å². The minimum atomic E-state index is -0.402. The van der Waals surface area contributed by atoms with Crippen molar-refractivity contribution in [3.63, 3.8) is 0 Å². The lowest BCUT2D eigenvalue weighted by Gasteiger charge is -2.27. The quantitative estimate of drug-likeness (QED) is 0.165. The van der Waals surface area contributed by atoms with Gasteiger partial charge in [0.05, 0.1) is 13.1 Å². The lowest BCUT2D eigenvalue weighted by atomic mass is 10.3. The van der Waals surface area contributed by atoms with Crippen LogP contribution in [0.4, 0.5) is 11.4 Å². The van der Waals surface area contributed by atoms with Crippen LogP contribution in [0.1, 0.15) is 13.8 Å². The number of hydrogen-bond donors (Lipinski definition) is 0. The van der Waals surface area contributed by atoms with E-state index in [-0.39, 0.29) is 13.2 Å². The van der Waals surface area contributed by atoms with Crippen LogP contribution >= 0.6 is 22.0 Å². The monoisotopic (exact) mass is 472 g/mol. The second kappa shape index (κ2) is 13.5. The van der Waals surface area contributed by atoms with Gasteiger partial charge in [-0.15, -0.1) is 0 Å². The topological polar surface area (TPSA) is 59.1 Å². The molecule has 0 atom stereocenters. The summed E-state index contributed by atoms with van der Waals surface area (Å²) in [5.74, 6) is -0.804. The van der Waals surface area contributed by atoms with E-state index in [9.17, 15) is 9.59 Å². The fourth-order valence-corrected chi connectivity index (χ4v) is 4.70. The second-order valence-electron chi connectivity index (χ2n) is 6.86. The molecule has 2 rings (SSSR count). The Morgan fingerprint density at radius 3 is 1.38 bits per heavy atom. The van der Waals surface area contributed by atoms with E-state index >= 15 is 0 Å². The molecule has 0 heterocycles. The zero-order chi connectivity index (χ0) is 23.3.